The van der Waals surface area contributed by atoms with Crippen molar-refractivity contribution < 1.29 is 14.3 Å². The van der Waals surface area contributed by atoms with Gasteiger partial charge in [-0.1, -0.05) is 35.9 Å². The molecular weight excluding hydrogens is 358 g/mol. The number of carbonyl (C=O) groups is 1. The van der Waals surface area contributed by atoms with E-state index in [-0.39, 0.29) is 18.1 Å². The molecule has 1 atom stereocenters. The Morgan fingerprint density at radius 2 is 1.89 bits per heavy atom. The van der Waals surface area contributed by atoms with Crippen LogP contribution in [0.2, 0.25) is 0 Å². The van der Waals surface area contributed by atoms with Crippen LogP contribution in [0.15, 0.2) is 42.5 Å². The van der Waals surface area contributed by atoms with Crippen molar-refractivity contribution in [1.82, 2.24) is 5.32 Å². The van der Waals surface area contributed by atoms with E-state index in [2.05, 4.69) is 30.4 Å². The van der Waals surface area contributed by atoms with Crippen LogP contribution in [0.1, 0.15) is 43.5 Å². The monoisotopic (exact) mass is 387 g/mol. The predicted molar refractivity (Wildman–Crippen MR) is 113 cm³/mol. The maximum Gasteiger partial charge on any atom is 0.230 e. The van der Waals surface area contributed by atoms with Crippen molar-refractivity contribution >= 4 is 17.7 Å². The predicted octanol–water partition coefficient (Wildman–Crippen LogP) is 4.90. The Balaban J connectivity index is 1.88. The van der Waals surface area contributed by atoms with Gasteiger partial charge in [-0.15, -0.1) is 11.8 Å². The lowest BCUT2D eigenvalue weighted by Crippen LogP contribution is -2.28. The molecule has 0 saturated heterocycles. The molecular formula is C22H29NO3S. The van der Waals surface area contributed by atoms with E-state index in [1.54, 1.807) is 18.9 Å². The Labute approximate surface area is 166 Å². The Morgan fingerprint density at radius 3 is 2.56 bits per heavy atom. The van der Waals surface area contributed by atoms with E-state index in [1.807, 2.05) is 45.0 Å². The van der Waals surface area contributed by atoms with Crippen molar-refractivity contribution in [2.75, 3.05) is 12.9 Å². The zero-order chi connectivity index (χ0) is 19.8. The molecule has 0 aliphatic heterocycles. The number of amides is 1. The van der Waals surface area contributed by atoms with Crippen molar-refractivity contribution in [2.24, 2.45) is 0 Å². The summed E-state index contributed by atoms with van der Waals surface area (Å²) >= 11 is 1.62. The smallest absolute Gasteiger partial charge is 0.230 e. The van der Waals surface area contributed by atoms with Crippen molar-refractivity contribution in [3.05, 3.63) is 59.2 Å². The summed E-state index contributed by atoms with van der Waals surface area (Å²) < 4.78 is 11.2. The first-order chi connectivity index (χ1) is 12.9. The van der Waals surface area contributed by atoms with Crippen LogP contribution in [-0.4, -0.2) is 24.9 Å². The Hall–Kier alpha value is -2.14. The van der Waals surface area contributed by atoms with Gasteiger partial charge in [-0.3, -0.25) is 4.79 Å². The highest BCUT2D eigenvalue weighted by atomic mass is 32.2. The highest BCUT2D eigenvalue weighted by Crippen LogP contribution is 2.31. The number of rotatable bonds is 9. The molecule has 0 bridgehead atoms. The molecule has 0 saturated carbocycles. The number of thioether (sulfide) groups is 1. The number of hydrogen-bond acceptors (Lipinski definition) is 4. The summed E-state index contributed by atoms with van der Waals surface area (Å²) in [7, 11) is 1.62. The summed E-state index contributed by atoms with van der Waals surface area (Å²) in [5.41, 5.74) is 3.47. The average Bonchev–Trinajstić information content (AvgIpc) is 2.61. The fraction of sp³-hybridized carbons (Fsp3) is 0.409. The van der Waals surface area contributed by atoms with Crippen LogP contribution in [0.25, 0.3) is 0 Å². The van der Waals surface area contributed by atoms with Gasteiger partial charge in [0.2, 0.25) is 5.91 Å². The second kappa shape index (κ2) is 10.3. The Bertz CT molecular complexity index is 761. The molecule has 0 aromatic heterocycles. The minimum atomic E-state index is -0.0981. The Kier molecular flexibility index (Phi) is 8.04. The molecule has 0 fully saturated rings. The van der Waals surface area contributed by atoms with Gasteiger partial charge in [0, 0.05) is 5.75 Å². The van der Waals surface area contributed by atoms with Crippen LogP contribution < -0.4 is 14.8 Å². The van der Waals surface area contributed by atoms with Crippen LogP contribution in [0.5, 0.6) is 11.5 Å². The first-order valence-electron chi connectivity index (χ1n) is 9.16. The van der Waals surface area contributed by atoms with Crippen LogP contribution in [0.3, 0.4) is 0 Å². The largest absolute Gasteiger partial charge is 0.493 e. The zero-order valence-electron chi connectivity index (χ0n) is 16.7. The van der Waals surface area contributed by atoms with E-state index in [0.29, 0.717) is 17.3 Å². The molecule has 1 unspecified atom stereocenters. The van der Waals surface area contributed by atoms with Crippen LogP contribution in [0.4, 0.5) is 0 Å². The third kappa shape index (κ3) is 6.83. The third-order valence-electron chi connectivity index (χ3n) is 4.01. The van der Waals surface area contributed by atoms with Gasteiger partial charge in [-0.05, 0) is 51.0 Å². The van der Waals surface area contributed by atoms with Crippen molar-refractivity contribution in [1.29, 1.82) is 0 Å². The maximum absolute atomic E-state index is 12.3. The van der Waals surface area contributed by atoms with E-state index in [0.717, 1.165) is 11.3 Å². The molecule has 0 aliphatic carbocycles. The second-order valence-electron chi connectivity index (χ2n) is 6.85. The van der Waals surface area contributed by atoms with Crippen LogP contribution >= 0.6 is 11.8 Å². The van der Waals surface area contributed by atoms with Crippen molar-refractivity contribution in [2.45, 2.75) is 45.6 Å². The lowest BCUT2D eigenvalue weighted by atomic mass is 10.1. The molecule has 1 N–H and O–H groups in total. The van der Waals surface area contributed by atoms with Gasteiger partial charge in [0.25, 0.3) is 0 Å². The quantitative estimate of drug-likeness (QED) is 0.665. The topological polar surface area (TPSA) is 47.6 Å². The minimum absolute atomic E-state index is 0.0293. The van der Waals surface area contributed by atoms with Gasteiger partial charge in [-0.2, -0.15) is 0 Å². The van der Waals surface area contributed by atoms with Gasteiger partial charge in [0.1, 0.15) is 0 Å². The number of nitrogens with one attached hydrogen (secondary N) is 1. The fourth-order valence-electron chi connectivity index (χ4n) is 2.73. The first-order valence-corrected chi connectivity index (χ1v) is 10.3. The highest BCUT2D eigenvalue weighted by molar-refractivity contribution is 7.99. The summed E-state index contributed by atoms with van der Waals surface area (Å²) in [5, 5.41) is 3.05. The lowest BCUT2D eigenvalue weighted by molar-refractivity contribution is -0.119. The van der Waals surface area contributed by atoms with E-state index >= 15 is 0 Å². The third-order valence-corrected chi connectivity index (χ3v) is 5.02. The van der Waals surface area contributed by atoms with Crippen molar-refractivity contribution in [3.8, 4) is 11.5 Å². The molecule has 0 spiro atoms. The molecule has 0 heterocycles. The summed E-state index contributed by atoms with van der Waals surface area (Å²) in [6.45, 7) is 8.00. The van der Waals surface area contributed by atoms with Gasteiger partial charge >= 0.3 is 0 Å². The molecule has 2 rings (SSSR count). The number of methoxy groups -OCH3 is 1. The van der Waals surface area contributed by atoms with Gasteiger partial charge < -0.3 is 14.8 Å². The summed E-state index contributed by atoms with van der Waals surface area (Å²) in [5.74, 6) is 2.68. The molecule has 27 heavy (non-hydrogen) atoms. The molecule has 2 aromatic rings. The molecule has 4 nitrogen and oxygen atoms in total. The number of aryl methyl sites for hydroxylation is 1. The number of ether oxygens (including phenoxy) is 2. The second-order valence-corrected chi connectivity index (χ2v) is 7.83. The highest BCUT2D eigenvalue weighted by Gasteiger charge is 2.14. The van der Waals surface area contributed by atoms with Gasteiger partial charge in [0.05, 0.1) is 25.0 Å². The minimum Gasteiger partial charge on any atom is -0.493 e. The Morgan fingerprint density at radius 1 is 1.11 bits per heavy atom. The standard InChI is InChI=1S/C22H29NO3S/c1-15(2)26-20-10-9-19(12-21(20)25-5)17(4)23-22(24)14-27-13-18-8-6-7-16(3)11-18/h6-12,15,17H,13-14H2,1-5H3,(H,23,24). The maximum atomic E-state index is 12.3. The zero-order valence-corrected chi connectivity index (χ0v) is 17.6. The lowest BCUT2D eigenvalue weighted by Gasteiger charge is -2.18. The van der Waals surface area contributed by atoms with Crippen LogP contribution in [-0.2, 0) is 10.5 Å². The van der Waals surface area contributed by atoms with Gasteiger partial charge in [-0.25, -0.2) is 0 Å². The fourth-order valence-corrected chi connectivity index (χ4v) is 3.52. The SMILES string of the molecule is COc1cc(C(C)NC(=O)CSCc2cccc(C)c2)ccc1OC(C)C. The normalized spacial score (nSPS) is 11.9. The van der Waals surface area contributed by atoms with E-state index in [1.165, 1.54) is 11.1 Å². The first kappa shape index (κ1) is 21.2. The molecule has 1 amide bonds. The number of benzene rings is 2. The summed E-state index contributed by atoms with van der Waals surface area (Å²) in [6, 6.07) is 14.0. The van der Waals surface area contributed by atoms with E-state index < -0.39 is 0 Å². The summed E-state index contributed by atoms with van der Waals surface area (Å²) in [6.07, 6.45) is 0.0762. The van der Waals surface area contributed by atoms with E-state index in [9.17, 15) is 4.79 Å². The molecule has 0 radical (unpaired) electrons. The molecule has 2 aromatic carbocycles. The van der Waals surface area contributed by atoms with Gasteiger partial charge in [0.15, 0.2) is 11.5 Å². The number of carbonyl (C=O) groups excluding carboxylic acids is 1. The summed E-state index contributed by atoms with van der Waals surface area (Å²) in [4.78, 5) is 12.3. The van der Waals surface area contributed by atoms with Crippen molar-refractivity contribution in [3.63, 3.8) is 0 Å². The molecule has 146 valence electrons. The number of hydrogen-bond donors (Lipinski definition) is 1. The molecule has 5 heteroatoms. The van der Waals surface area contributed by atoms with E-state index in [4.69, 9.17) is 9.47 Å². The van der Waals surface area contributed by atoms with Crippen LogP contribution in [0, 0.1) is 6.92 Å². The average molecular weight is 388 g/mol. The molecule has 0 aliphatic rings.